The van der Waals surface area contributed by atoms with Crippen molar-refractivity contribution in [2.45, 2.75) is 57.4 Å². The summed E-state index contributed by atoms with van der Waals surface area (Å²) in [6.07, 6.45) is 5.69. The molecule has 20 heavy (non-hydrogen) atoms. The normalized spacial score (nSPS) is 24.4. The molecule has 8 heteroatoms. The minimum absolute atomic E-state index is 0.452. The molecule has 118 valence electrons. The van der Waals surface area contributed by atoms with Crippen LogP contribution in [-0.2, 0) is 14.8 Å². The Hall–Kier alpha value is -0.790. The smallest absolute Gasteiger partial charge is 0.274 e. The van der Waals surface area contributed by atoms with Crippen LogP contribution in [0.2, 0.25) is 0 Å². The van der Waals surface area contributed by atoms with Crippen molar-refractivity contribution < 1.29 is 26.4 Å². The van der Waals surface area contributed by atoms with Crippen molar-refractivity contribution in [3.63, 3.8) is 0 Å². The Morgan fingerprint density at radius 1 is 1.20 bits per heavy atom. The summed E-state index contributed by atoms with van der Waals surface area (Å²) in [6, 6.07) is 0. The molecule has 0 aromatic carbocycles. The highest BCUT2D eigenvalue weighted by molar-refractivity contribution is 7.90. The molecule has 0 bridgehead atoms. The van der Waals surface area contributed by atoms with Gasteiger partial charge in [0.2, 0.25) is 5.91 Å². The second-order valence-corrected chi connectivity index (χ2v) is 6.95. The van der Waals surface area contributed by atoms with E-state index >= 15 is 0 Å². The molecule has 0 aromatic rings. The minimum Gasteiger partial charge on any atom is -0.274 e. The van der Waals surface area contributed by atoms with Crippen molar-refractivity contribution in [1.82, 2.24) is 4.72 Å². The van der Waals surface area contributed by atoms with Crippen molar-refractivity contribution in [3.8, 4) is 0 Å². The average Bonchev–Trinajstić information content (AvgIpc) is 2.35. The third-order valence-corrected chi connectivity index (χ3v) is 4.80. The molecule has 0 unspecified atom stereocenters. The molecule has 0 heterocycles. The standard InChI is InChI=1S/C12H20F3NO3S/c1-2-3-4-9-5-7-10(8-6-9)11(17)16-20(18,19)12(13,14)15/h9-10H,2-8H2,1H3,(H,16,17). The van der Waals surface area contributed by atoms with E-state index in [2.05, 4.69) is 6.92 Å². The molecule has 0 radical (unpaired) electrons. The van der Waals surface area contributed by atoms with Gasteiger partial charge >= 0.3 is 15.5 Å². The molecule has 0 aliphatic heterocycles. The number of hydrogen-bond acceptors (Lipinski definition) is 3. The van der Waals surface area contributed by atoms with Gasteiger partial charge in [-0.1, -0.05) is 26.2 Å². The molecular weight excluding hydrogens is 295 g/mol. The van der Waals surface area contributed by atoms with E-state index < -0.39 is 27.4 Å². The third-order valence-electron chi connectivity index (χ3n) is 3.72. The summed E-state index contributed by atoms with van der Waals surface area (Å²) in [5, 5.41) is 0. The van der Waals surface area contributed by atoms with E-state index in [0.29, 0.717) is 18.8 Å². The van der Waals surface area contributed by atoms with Gasteiger partial charge in [-0.2, -0.15) is 21.6 Å². The first-order valence-corrected chi connectivity index (χ1v) is 8.28. The number of carbonyl (C=O) groups is 1. The maximum Gasteiger partial charge on any atom is 0.516 e. The highest BCUT2D eigenvalue weighted by atomic mass is 32.2. The van der Waals surface area contributed by atoms with Crippen LogP contribution < -0.4 is 4.72 Å². The van der Waals surface area contributed by atoms with Crippen LogP contribution in [-0.4, -0.2) is 19.8 Å². The van der Waals surface area contributed by atoms with E-state index in [0.717, 1.165) is 36.8 Å². The van der Waals surface area contributed by atoms with Crippen molar-refractivity contribution >= 4 is 15.9 Å². The summed E-state index contributed by atoms with van der Waals surface area (Å²) in [7, 11) is -5.57. The number of hydrogen-bond donors (Lipinski definition) is 1. The number of nitrogens with one attached hydrogen (secondary N) is 1. The average molecular weight is 315 g/mol. The summed E-state index contributed by atoms with van der Waals surface area (Å²) >= 11 is 0. The van der Waals surface area contributed by atoms with Crippen LogP contribution in [0.4, 0.5) is 13.2 Å². The monoisotopic (exact) mass is 315 g/mol. The number of sulfonamides is 1. The number of unbranched alkanes of at least 4 members (excludes halogenated alkanes) is 1. The van der Waals surface area contributed by atoms with Gasteiger partial charge < -0.3 is 0 Å². The third kappa shape index (κ3) is 4.64. The molecule has 1 amide bonds. The minimum atomic E-state index is -5.57. The maximum absolute atomic E-state index is 12.2. The summed E-state index contributed by atoms with van der Waals surface area (Å²) in [4.78, 5) is 11.6. The van der Waals surface area contributed by atoms with Crippen molar-refractivity contribution in [2.75, 3.05) is 0 Å². The topological polar surface area (TPSA) is 63.2 Å². The van der Waals surface area contributed by atoms with E-state index in [4.69, 9.17) is 0 Å². The second kappa shape index (κ2) is 6.78. The van der Waals surface area contributed by atoms with Crippen LogP contribution in [0.15, 0.2) is 0 Å². The first-order valence-electron chi connectivity index (χ1n) is 6.80. The molecule has 1 saturated carbocycles. The fraction of sp³-hybridized carbons (Fsp3) is 0.917. The summed E-state index contributed by atoms with van der Waals surface area (Å²) < 4.78 is 59.3. The van der Waals surface area contributed by atoms with Gasteiger partial charge in [-0.25, -0.2) is 4.72 Å². The van der Waals surface area contributed by atoms with Gasteiger partial charge in [0.05, 0.1) is 0 Å². The Morgan fingerprint density at radius 3 is 2.20 bits per heavy atom. The van der Waals surface area contributed by atoms with Gasteiger partial charge in [0.25, 0.3) is 0 Å². The number of alkyl halides is 3. The van der Waals surface area contributed by atoms with Crippen molar-refractivity contribution in [1.29, 1.82) is 0 Å². The molecule has 1 aliphatic carbocycles. The molecule has 1 aliphatic rings. The number of carbonyl (C=O) groups excluding carboxylic acids is 1. The van der Waals surface area contributed by atoms with Gasteiger partial charge in [-0.15, -0.1) is 0 Å². The lowest BCUT2D eigenvalue weighted by molar-refractivity contribution is -0.125. The second-order valence-electron chi connectivity index (χ2n) is 5.28. The van der Waals surface area contributed by atoms with Crippen LogP contribution in [0.3, 0.4) is 0 Å². The predicted molar refractivity (Wildman–Crippen MR) is 68.1 cm³/mol. The van der Waals surface area contributed by atoms with Crippen LogP contribution in [0.1, 0.15) is 51.9 Å². The fourth-order valence-corrected chi connectivity index (χ4v) is 3.03. The van der Waals surface area contributed by atoms with Crippen LogP contribution in [0, 0.1) is 11.8 Å². The predicted octanol–water partition coefficient (Wildman–Crippen LogP) is 2.95. The van der Waals surface area contributed by atoms with Gasteiger partial charge in [0, 0.05) is 5.92 Å². The largest absolute Gasteiger partial charge is 0.516 e. The number of halogens is 3. The molecule has 0 saturated heterocycles. The fourth-order valence-electron chi connectivity index (χ4n) is 2.48. The molecule has 1 rings (SSSR count). The highest BCUT2D eigenvalue weighted by Crippen LogP contribution is 2.32. The molecule has 0 spiro atoms. The Kier molecular flexibility index (Phi) is 5.85. The Balaban J connectivity index is 2.48. The molecule has 0 atom stereocenters. The lowest BCUT2D eigenvalue weighted by Gasteiger charge is -2.27. The van der Waals surface area contributed by atoms with E-state index in [1.54, 1.807) is 0 Å². The number of amides is 1. The maximum atomic E-state index is 12.2. The van der Waals surface area contributed by atoms with E-state index in [1.165, 1.54) is 0 Å². The highest BCUT2D eigenvalue weighted by Gasteiger charge is 2.47. The van der Waals surface area contributed by atoms with Crippen LogP contribution >= 0.6 is 0 Å². The Labute approximate surface area is 117 Å². The first kappa shape index (κ1) is 17.3. The summed E-state index contributed by atoms with van der Waals surface area (Å²) in [5.74, 6) is -1.17. The molecule has 0 aromatic heterocycles. The number of rotatable bonds is 5. The zero-order valence-electron chi connectivity index (χ0n) is 11.4. The quantitative estimate of drug-likeness (QED) is 0.848. The SMILES string of the molecule is CCCCC1CCC(C(=O)NS(=O)(=O)C(F)(F)F)CC1. The molecular formula is C12H20F3NO3S. The van der Waals surface area contributed by atoms with Crippen LogP contribution in [0.5, 0.6) is 0 Å². The van der Waals surface area contributed by atoms with Gasteiger partial charge in [0.15, 0.2) is 0 Å². The van der Waals surface area contributed by atoms with Gasteiger partial charge in [-0.05, 0) is 31.6 Å². The van der Waals surface area contributed by atoms with Crippen molar-refractivity contribution in [3.05, 3.63) is 0 Å². The molecule has 4 nitrogen and oxygen atoms in total. The zero-order valence-corrected chi connectivity index (χ0v) is 12.2. The van der Waals surface area contributed by atoms with Crippen LogP contribution in [0.25, 0.3) is 0 Å². The Bertz CT molecular complexity index is 426. The van der Waals surface area contributed by atoms with Crippen molar-refractivity contribution in [2.24, 2.45) is 11.8 Å². The van der Waals surface area contributed by atoms with E-state index in [-0.39, 0.29) is 0 Å². The van der Waals surface area contributed by atoms with Gasteiger partial charge in [-0.3, -0.25) is 4.79 Å². The Morgan fingerprint density at radius 2 is 1.75 bits per heavy atom. The lowest BCUT2D eigenvalue weighted by atomic mass is 9.79. The van der Waals surface area contributed by atoms with E-state index in [1.807, 2.05) is 0 Å². The molecule has 1 fully saturated rings. The van der Waals surface area contributed by atoms with E-state index in [9.17, 15) is 26.4 Å². The molecule has 1 N–H and O–H groups in total. The lowest BCUT2D eigenvalue weighted by Crippen LogP contribution is -2.43. The first-order chi connectivity index (χ1) is 9.17. The zero-order chi connectivity index (χ0) is 15.4. The van der Waals surface area contributed by atoms with Gasteiger partial charge in [0.1, 0.15) is 0 Å². The summed E-state index contributed by atoms with van der Waals surface area (Å²) in [5.41, 5.74) is -5.44. The summed E-state index contributed by atoms with van der Waals surface area (Å²) in [6.45, 7) is 2.08.